The molecule has 25 heavy (non-hydrogen) atoms. The highest BCUT2D eigenvalue weighted by Crippen LogP contribution is 2.28. The molecule has 2 heterocycles. The molecular formula is C20H20N4O. The quantitative estimate of drug-likeness (QED) is 0.755. The molecule has 0 spiro atoms. The number of carbonyl (C=O) groups is 1. The van der Waals surface area contributed by atoms with E-state index < -0.39 is 0 Å². The number of aromatic nitrogens is 2. The van der Waals surface area contributed by atoms with Crippen LogP contribution in [0.15, 0.2) is 60.7 Å². The molecule has 0 radical (unpaired) electrons. The Labute approximate surface area is 146 Å². The Morgan fingerprint density at radius 3 is 2.40 bits per heavy atom. The number of benzene rings is 2. The number of carbonyl (C=O) groups excluding carboxylic acids is 1. The van der Waals surface area contributed by atoms with Gasteiger partial charge in [-0.25, -0.2) is 0 Å². The molecule has 2 N–H and O–H groups in total. The molecule has 0 bridgehead atoms. The molecule has 0 saturated carbocycles. The van der Waals surface area contributed by atoms with Crippen LogP contribution >= 0.6 is 0 Å². The second-order valence-corrected chi connectivity index (χ2v) is 6.37. The third-order valence-electron chi connectivity index (χ3n) is 4.43. The van der Waals surface area contributed by atoms with Crippen molar-refractivity contribution in [1.29, 1.82) is 0 Å². The summed E-state index contributed by atoms with van der Waals surface area (Å²) < 4.78 is 0. The number of nitrogens with one attached hydrogen (secondary N) is 2. The van der Waals surface area contributed by atoms with Crippen LogP contribution in [-0.2, 0) is 30.8 Å². The first-order valence-electron chi connectivity index (χ1n) is 8.44. The maximum atomic E-state index is 12.3. The van der Waals surface area contributed by atoms with E-state index in [1.54, 1.807) is 0 Å². The summed E-state index contributed by atoms with van der Waals surface area (Å²) in [5.74, 6) is 0.700. The highest BCUT2D eigenvalue weighted by atomic mass is 16.1. The van der Waals surface area contributed by atoms with Crippen molar-refractivity contribution in [3.63, 3.8) is 0 Å². The minimum absolute atomic E-state index is 0.0286. The lowest BCUT2D eigenvalue weighted by atomic mass is 10.1. The highest BCUT2D eigenvalue weighted by molar-refractivity contribution is 5.92. The average molecular weight is 332 g/mol. The molecule has 0 aliphatic carbocycles. The SMILES string of the molecule is O=C(Cc1ccccc1)Nc1[nH]nc2c1CN(Cc1ccccc1)C2. The number of H-pyrrole nitrogens is 1. The molecule has 4 rings (SSSR count). The monoisotopic (exact) mass is 332 g/mol. The largest absolute Gasteiger partial charge is 0.311 e. The van der Waals surface area contributed by atoms with Crippen molar-refractivity contribution >= 4 is 11.7 Å². The average Bonchev–Trinajstić information content (AvgIpc) is 3.18. The highest BCUT2D eigenvalue weighted by Gasteiger charge is 2.25. The molecular weight excluding hydrogens is 312 g/mol. The summed E-state index contributed by atoms with van der Waals surface area (Å²) in [5, 5.41) is 10.3. The molecule has 2 aromatic carbocycles. The Morgan fingerprint density at radius 1 is 1.00 bits per heavy atom. The zero-order chi connectivity index (χ0) is 17.1. The third kappa shape index (κ3) is 3.61. The Bertz CT molecular complexity index is 858. The summed E-state index contributed by atoms with van der Waals surface area (Å²) in [4.78, 5) is 14.6. The Balaban J connectivity index is 1.39. The van der Waals surface area contributed by atoms with Gasteiger partial charge < -0.3 is 5.32 Å². The van der Waals surface area contributed by atoms with Gasteiger partial charge in [-0.05, 0) is 11.1 Å². The number of fused-ring (bicyclic) bond motifs is 1. The molecule has 0 fully saturated rings. The lowest BCUT2D eigenvalue weighted by molar-refractivity contribution is -0.115. The van der Waals surface area contributed by atoms with Gasteiger partial charge in [0.2, 0.25) is 5.91 Å². The van der Waals surface area contributed by atoms with E-state index in [1.807, 2.05) is 36.4 Å². The minimum Gasteiger partial charge on any atom is -0.311 e. The molecule has 0 saturated heterocycles. The standard InChI is InChI=1S/C20H20N4O/c25-19(11-15-7-3-1-4-8-15)21-20-17-13-24(14-18(17)22-23-20)12-16-9-5-2-6-10-16/h1-10H,11-14H2,(H2,21,22,23,25). The zero-order valence-electron chi connectivity index (χ0n) is 13.9. The lowest BCUT2D eigenvalue weighted by Crippen LogP contribution is -2.18. The first-order chi connectivity index (χ1) is 12.3. The fourth-order valence-electron chi connectivity index (χ4n) is 3.22. The maximum absolute atomic E-state index is 12.3. The van der Waals surface area contributed by atoms with E-state index in [9.17, 15) is 4.79 Å². The van der Waals surface area contributed by atoms with Gasteiger partial charge in [0.15, 0.2) is 0 Å². The molecule has 3 aromatic rings. The summed E-state index contributed by atoms with van der Waals surface area (Å²) >= 11 is 0. The van der Waals surface area contributed by atoms with Crippen LogP contribution in [0, 0.1) is 0 Å². The lowest BCUT2D eigenvalue weighted by Gasteiger charge is -2.15. The molecule has 5 heteroatoms. The van der Waals surface area contributed by atoms with Crippen molar-refractivity contribution in [3.05, 3.63) is 83.0 Å². The fourth-order valence-corrected chi connectivity index (χ4v) is 3.22. The van der Waals surface area contributed by atoms with Crippen LogP contribution in [0.4, 0.5) is 5.82 Å². The second-order valence-electron chi connectivity index (χ2n) is 6.37. The van der Waals surface area contributed by atoms with Crippen LogP contribution in [0.2, 0.25) is 0 Å². The van der Waals surface area contributed by atoms with Gasteiger partial charge in [-0.15, -0.1) is 0 Å². The Morgan fingerprint density at radius 2 is 1.68 bits per heavy atom. The summed E-state index contributed by atoms with van der Waals surface area (Å²) in [5.41, 5.74) is 4.40. The maximum Gasteiger partial charge on any atom is 0.229 e. The molecule has 1 aliphatic rings. The topological polar surface area (TPSA) is 61.0 Å². The number of nitrogens with zero attached hydrogens (tertiary/aromatic N) is 2. The summed E-state index contributed by atoms with van der Waals surface area (Å²) in [6.45, 7) is 2.48. The van der Waals surface area contributed by atoms with Crippen LogP contribution in [0.3, 0.4) is 0 Å². The van der Waals surface area contributed by atoms with Gasteiger partial charge in [0.25, 0.3) is 0 Å². The third-order valence-corrected chi connectivity index (χ3v) is 4.43. The van der Waals surface area contributed by atoms with Gasteiger partial charge in [0.1, 0.15) is 5.82 Å². The van der Waals surface area contributed by atoms with Crippen LogP contribution < -0.4 is 5.32 Å². The van der Waals surface area contributed by atoms with E-state index in [0.29, 0.717) is 6.42 Å². The van der Waals surface area contributed by atoms with Crippen LogP contribution in [0.1, 0.15) is 22.4 Å². The number of hydrogen-bond acceptors (Lipinski definition) is 3. The molecule has 1 aliphatic heterocycles. The van der Waals surface area contributed by atoms with Gasteiger partial charge in [-0.2, -0.15) is 5.10 Å². The Hall–Kier alpha value is -2.92. The van der Waals surface area contributed by atoms with Crippen LogP contribution in [0.25, 0.3) is 0 Å². The van der Waals surface area contributed by atoms with E-state index in [1.165, 1.54) is 5.56 Å². The molecule has 126 valence electrons. The Kier molecular flexibility index (Phi) is 4.31. The normalized spacial score (nSPS) is 13.6. The number of amides is 1. The van der Waals surface area contributed by atoms with Crippen molar-refractivity contribution < 1.29 is 4.79 Å². The van der Waals surface area contributed by atoms with Crippen LogP contribution in [0.5, 0.6) is 0 Å². The predicted molar refractivity (Wildman–Crippen MR) is 96.8 cm³/mol. The van der Waals surface area contributed by atoms with E-state index >= 15 is 0 Å². The van der Waals surface area contributed by atoms with Gasteiger partial charge in [-0.1, -0.05) is 60.7 Å². The number of hydrogen-bond donors (Lipinski definition) is 2. The zero-order valence-corrected chi connectivity index (χ0v) is 13.9. The molecule has 0 unspecified atom stereocenters. The van der Waals surface area contributed by atoms with Gasteiger partial charge in [-0.3, -0.25) is 14.8 Å². The number of anilines is 1. The summed E-state index contributed by atoms with van der Waals surface area (Å²) in [7, 11) is 0. The smallest absolute Gasteiger partial charge is 0.229 e. The van der Waals surface area contributed by atoms with Crippen molar-refractivity contribution in [2.75, 3.05) is 5.32 Å². The van der Waals surface area contributed by atoms with E-state index in [0.717, 1.165) is 42.3 Å². The summed E-state index contributed by atoms with van der Waals surface area (Å²) in [6, 6.07) is 20.1. The van der Waals surface area contributed by atoms with E-state index in [4.69, 9.17) is 0 Å². The molecule has 1 aromatic heterocycles. The van der Waals surface area contributed by atoms with Gasteiger partial charge in [0, 0.05) is 25.2 Å². The minimum atomic E-state index is -0.0286. The van der Waals surface area contributed by atoms with E-state index in [2.05, 4.69) is 44.7 Å². The van der Waals surface area contributed by atoms with Crippen molar-refractivity contribution in [1.82, 2.24) is 15.1 Å². The van der Waals surface area contributed by atoms with Crippen molar-refractivity contribution in [3.8, 4) is 0 Å². The molecule has 5 nitrogen and oxygen atoms in total. The predicted octanol–water partition coefficient (Wildman–Crippen LogP) is 3.11. The van der Waals surface area contributed by atoms with Gasteiger partial charge in [0.05, 0.1) is 12.1 Å². The number of rotatable bonds is 5. The second kappa shape index (κ2) is 6.91. The van der Waals surface area contributed by atoms with Crippen molar-refractivity contribution in [2.24, 2.45) is 0 Å². The molecule has 1 amide bonds. The summed E-state index contributed by atoms with van der Waals surface area (Å²) in [6.07, 6.45) is 0.363. The fraction of sp³-hybridized carbons (Fsp3) is 0.200. The van der Waals surface area contributed by atoms with Crippen molar-refractivity contribution in [2.45, 2.75) is 26.1 Å². The number of aromatic amines is 1. The van der Waals surface area contributed by atoms with Crippen LogP contribution in [-0.4, -0.2) is 21.0 Å². The van der Waals surface area contributed by atoms with Gasteiger partial charge >= 0.3 is 0 Å². The molecule has 0 atom stereocenters. The first-order valence-corrected chi connectivity index (χ1v) is 8.44. The van der Waals surface area contributed by atoms with E-state index in [-0.39, 0.29) is 5.91 Å². The first kappa shape index (κ1) is 15.6.